The van der Waals surface area contributed by atoms with Crippen LogP contribution >= 0.6 is 0 Å². The van der Waals surface area contributed by atoms with Gasteiger partial charge in [0.15, 0.2) is 0 Å². The number of aliphatic carboxylic acids is 1. The third-order valence-corrected chi connectivity index (χ3v) is 2.87. The number of urea groups is 1. The lowest BCUT2D eigenvalue weighted by atomic mass is 10.1. The lowest BCUT2D eigenvalue weighted by molar-refractivity contribution is -0.137. The average molecular weight is 293 g/mol. The summed E-state index contributed by atoms with van der Waals surface area (Å²) >= 11 is 0. The highest BCUT2D eigenvalue weighted by Crippen LogP contribution is 2.14. The molecule has 0 aliphatic rings. The fraction of sp³-hybridized carbons (Fsp3) is 0.357. The Hall–Kier alpha value is -2.57. The molecule has 0 aliphatic heterocycles. The molecule has 0 radical (unpaired) electrons. The molecule has 3 amide bonds. The number of rotatable bonds is 6. The molecule has 0 spiro atoms. The van der Waals surface area contributed by atoms with Crippen LogP contribution in [-0.4, -0.2) is 43.2 Å². The number of amides is 3. The van der Waals surface area contributed by atoms with Gasteiger partial charge in [-0.3, -0.25) is 14.5 Å². The van der Waals surface area contributed by atoms with Crippen molar-refractivity contribution in [2.45, 2.75) is 13.3 Å². The van der Waals surface area contributed by atoms with Crippen molar-refractivity contribution >= 4 is 23.6 Å². The number of nitrogens with zero attached hydrogens (tertiary/aromatic N) is 1. The van der Waals surface area contributed by atoms with Crippen LogP contribution in [0.15, 0.2) is 24.3 Å². The van der Waals surface area contributed by atoms with Crippen molar-refractivity contribution in [3.8, 4) is 0 Å². The molecular formula is C14H19N3O4. The Bertz CT molecular complexity index is 513. The van der Waals surface area contributed by atoms with Crippen LogP contribution < -0.4 is 15.5 Å². The zero-order chi connectivity index (χ0) is 15.8. The third-order valence-electron chi connectivity index (χ3n) is 2.87. The minimum Gasteiger partial charge on any atom is -0.480 e. The van der Waals surface area contributed by atoms with E-state index in [1.165, 1.54) is 10.5 Å². The Morgan fingerprint density at radius 2 is 1.71 bits per heavy atom. The first-order chi connectivity index (χ1) is 9.93. The van der Waals surface area contributed by atoms with E-state index in [1.807, 2.05) is 31.2 Å². The number of benzene rings is 1. The largest absolute Gasteiger partial charge is 0.480 e. The van der Waals surface area contributed by atoms with Crippen molar-refractivity contribution in [3.05, 3.63) is 29.8 Å². The Morgan fingerprint density at radius 3 is 2.24 bits per heavy atom. The summed E-state index contributed by atoms with van der Waals surface area (Å²) in [5, 5.41) is 13.0. The molecule has 1 aromatic rings. The van der Waals surface area contributed by atoms with Crippen LogP contribution in [0, 0.1) is 0 Å². The van der Waals surface area contributed by atoms with Gasteiger partial charge in [0.05, 0.1) is 6.54 Å². The number of hydrogen-bond acceptors (Lipinski definition) is 3. The van der Waals surface area contributed by atoms with Gasteiger partial charge in [0, 0.05) is 12.7 Å². The van der Waals surface area contributed by atoms with Gasteiger partial charge in [0.2, 0.25) is 5.91 Å². The number of carbonyl (C=O) groups is 3. The number of anilines is 1. The molecule has 0 aliphatic carbocycles. The van der Waals surface area contributed by atoms with E-state index in [0.717, 1.165) is 6.42 Å². The van der Waals surface area contributed by atoms with Crippen LogP contribution in [0.4, 0.5) is 10.5 Å². The summed E-state index contributed by atoms with van der Waals surface area (Å²) in [4.78, 5) is 34.8. The van der Waals surface area contributed by atoms with E-state index in [0.29, 0.717) is 5.69 Å². The highest BCUT2D eigenvalue weighted by molar-refractivity contribution is 5.94. The van der Waals surface area contributed by atoms with Crippen LogP contribution in [0.5, 0.6) is 0 Å². The number of carbonyl (C=O) groups excluding carboxylic acids is 2. The third kappa shape index (κ3) is 5.52. The molecule has 0 saturated carbocycles. The SMILES string of the molecule is CCc1ccc(N(C)C(=O)NCC(=O)NCC(=O)O)cc1. The van der Waals surface area contributed by atoms with Crippen LogP contribution in [0.2, 0.25) is 0 Å². The van der Waals surface area contributed by atoms with Gasteiger partial charge in [-0.15, -0.1) is 0 Å². The van der Waals surface area contributed by atoms with E-state index in [4.69, 9.17) is 5.11 Å². The van der Waals surface area contributed by atoms with Crippen molar-refractivity contribution in [1.82, 2.24) is 10.6 Å². The van der Waals surface area contributed by atoms with Crippen LogP contribution in [-0.2, 0) is 16.0 Å². The number of aryl methyl sites for hydroxylation is 1. The minimum absolute atomic E-state index is 0.274. The Balaban J connectivity index is 2.46. The highest BCUT2D eigenvalue weighted by Gasteiger charge is 2.12. The maximum absolute atomic E-state index is 11.9. The zero-order valence-corrected chi connectivity index (χ0v) is 12.0. The van der Waals surface area contributed by atoms with Crippen LogP contribution in [0.1, 0.15) is 12.5 Å². The average Bonchev–Trinajstić information content (AvgIpc) is 2.49. The van der Waals surface area contributed by atoms with Crippen molar-refractivity contribution in [2.24, 2.45) is 0 Å². The molecule has 0 unspecified atom stereocenters. The fourth-order valence-corrected chi connectivity index (χ4v) is 1.58. The molecule has 3 N–H and O–H groups in total. The summed E-state index contributed by atoms with van der Waals surface area (Å²) in [5.74, 6) is -1.69. The van der Waals surface area contributed by atoms with Gasteiger partial charge >= 0.3 is 12.0 Å². The molecular weight excluding hydrogens is 274 g/mol. The Labute approximate surface area is 122 Å². The van der Waals surface area contributed by atoms with E-state index < -0.39 is 24.5 Å². The minimum atomic E-state index is -1.14. The Morgan fingerprint density at radius 1 is 1.10 bits per heavy atom. The molecule has 0 saturated heterocycles. The highest BCUT2D eigenvalue weighted by atomic mass is 16.4. The van der Waals surface area contributed by atoms with Crippen LogP contribution in [0.25, 0.3) is 0 Å². The van der Waals surface area contributed by atoms with Gasteiger partial charge in [-0.2, -0.15) is 0 Å². The molecule has 7 heteroatoms. The second-order valence-corrected chi connectivity index (χ2v) is 4.41. The second kappa shape index (κ2) is 7.88. The molecule has 0 heterocycles. The van der Waals surface area contributed by atoms with E-state index in [-0.39, 0.29) is 6.54 Å². The van der Waals surface area contributed by atoms with E-state index in [1.54, 1.807) is 7.05 Å². The van der Waals surface area contributed by atoms with Gasteiger partial charge in [-0.1, -0.05) is 19.1 Å². The van der Waals surface area contributed by atoms with Gasteiger partial charge in [-0.05, 0) is 24.1 Å². The smallest absolute Gasteiger partial charge is 0.322 e. The summed E-state index contributed by atoms with van der Waals surface area (Å²) in [6.45, 7) is 1.30. The van der Waals surface area contributed by atoms with Gasteiger partial charge in [0.25, 0.3) is 0 Å². The quantitative estimate of drug-likeness (QED) is 0.715. The molecule has 1 aromatic carbocycles. The predicted molar refractivity (Wildman–Crippen MR) is 78.3 cm³/mol. The molecule has 0 atom stereocenters. The second-order valence-electron chi connectivity index (χ2n) is 4.41. The van der Waals surface area contributed by atoms with Crippen molar-refractivity contribution < 1.29 is 19.5 Å². The number of carboxylic acids is 1. The van der Waals surface area contributed by atoms with E-state index >= 15 is 0 Å². The first kappa shape index (κ1) is 16.5. The molecule has 1 rings (SSSR count). The molecule has 0 aromatic heterocycles. The number of nitrogens with one attached hydrogen (secondary N) is 2. The van der Waals surface area contributed by atoms with Gasteiger partial charge in [0.1, 0.15) is 6.54 Å². The molecule has 21 heavy (non-hydrogen) atoms. The topological polar surface area (TPSA) is 98.7 Å². The normalized spacial score (nSPS) is 9.81. The summed E-state index contributed by atoms with van der Waals surface area (Å²) in [6.07, 6.45) is 0.917. The van der Waals surface area contributed by atoms with Gasteiger partial charge < -0.3 is 15.7 Å². The maximum Gasteiger partial charge on any atom is 0.322 e. The summed E-state index contributed by atoms with van der Waals surface area (Å²) in [5.41, 5.74) is 1.87. The number of hydrogen-bond donors (Lipinski definition) is 3. The molecule has 7 nitrogen and oxygen atoms in total. The van der Waals surface area contributed by atoms with E-state index in [9.17, 15) is 14.4 Å². The fourth-order valence-electron chi connectivity index (χ4n) is 1.58. The van der Waals surface area contributed by atoms with E-state index in [2.05, 4.69) is 10.6 Å². The summed E-state index contributed by atoms with van der Waals surface area (Å²) in [7, 11) is 1.59. The monoisotopic (exact) mass is 293 g/mol. The maximum atomic E-state index is 11.9. The van der Waals surface area contributed by atoms with Crippen molar-refractivity contribution in [1.29, 1.82) is 0 Å². The molecule has 114 valence electrons. The number of carboxylic acid groups (broad SMARTS) is 1. The first-order valence-electron chi connectivity index (χ1n) is 6.53. The van der Waals surface area contributed by atoms with Gasteiger partial charge in [-0.25, -0.2) is 4.79 Å². The molecule has 0 bridgehead atoms. The Kier molecular flexibility index (Phi) is 6.19. The first-order valence-corrected chi connectivity index (χ1v) is 6.53. The van der Waals surface area contributed by atoms with Crippen molar-refractivity contribution in [2.75, 3.05) is 25.0 Å². The summed E-state index contributed by atoms with van der Waals surface area (Å²) in [6, 6.07) is 7.06. The van der Waals surface area contributed by atoms with Crippen LogP contribution in [0.3, 0.4) is 0 Å². The predicted octanol–water partition coefficient (Wildman–Crippen LogP) is 0.596. The lowest BCUT2D eigenvalue weighted by Gasteiger charge is -2.18. The van der Waals surface area contributed by atoms with Crippen molar-refractivity contribution in [3.63, 3.8) is 0 Å². The lowest BCUT2D eigenvalue weighted by Crippen LogP contribution is -2.43. The zero-order valence-electron chi connectivity index (χ0n) is 12.0. The summed E-state index contributed by atoms with van der Waals surface area (Å²) < 4.78 is 0. The standard InChI is InChI=1S/C14H19N3O4/c1-3-10-4-6-11(7-5-10)17(2)14(21)16-8-12(18)15-9-13(19)20/h4-7H,3,8-9H2,1-2H3,(H,15,18)(H,16,21)(H,19,20). The molecule has 0 fully saturated rings.